The summed E-state index contributed by atoms with van der Waals surface area (Å²) in [6, 6.07) is 0. The molecule has 0 aromatic heterocycles. The van der Waals surface area contributed by atoms with E-state index in [1.165, 1.54) is 37.7 Å². The third-order valence-electron chi connectivity index (χ3n) is 12.6. The van der Waals surface area contributed by atoms with E-state index < -0.39 is 16.6 Å². The molecule has 7 atom stereocenters. The Hall–Kier alpha value is -0.166. The van der Waals surface area contributed by atoms with Gasteiger partial charge in [0.1, 0.15) is 0 Å². The Morgan fingerprint density at radius 2 is 1.47 bits per heavy atom. The molecular formula is C32H58O2Si2. The summed E-state index contributed by atoms with van der Waals surface area (Å²) in [4.78, 5) is 0. The van der Waals surface area contributed by atoms with E-state index >= 15 is 0 Å². The first-order valence-corrected chi connectivity index (χ1v) is 20.8. The fourth-order valence-electron chi connectivity index (χ4n) is 7.95. The molecule has 0 heterocycles. The second-order valence-corrected chi connectivity index (χ2v) is 26.0. The van der Waals surface area contributed by atoms with Gasteiger partial charge in [-0.15, -0.1) is 0 Å². The first-order valence-electron chi connectivity index (χ1n) is 15.0. The fourth-order valence-corrected chi connectivity index (χ4v) is 10.7. The molecule has 4 aliphatic rings. The highest BCUT2D eigenvalue weighted by atomic mass is 28.4. The van der Waals surface area contributed by atoms with E-state index in [-0.39, 0.29) is 27.7 Å². The lowest BCUT2D eigenvalue weighted by molar-refractivity contribution is -0.0881. The standard InChI is InChI=1S/C32H58O2Si2/c1-22-14-17-26-25-16-15-23-20-24(33-35(10,11)29(2,3)4)21-28(34-36(12,13)30(5,6)7)32(23,9)27(25)18-19-31(22,26)8/h15,24-28H,1,14,16-21H2,2-13H3/t24?,25-,26-,27+,28?,31+,32-/m0/s1. The molecule has 0 amide bonds. The van der Waals surface area contributed by atoms with E-state index in [1.54, 1.807) is 5.57 Å². The Morgan fingerprint density at radius 3 is 2.06 bits per heavy atom. The van der Waals surface area contributed by atoms with Gasteiger partial charge in [-0.2, -0.15) is 0 Å². The third kappa shape index (κ3) is 4.52. The first kappa shape index (κ1) is 28.8. The average molecular weight is 531 g/mol. The van der Waals surface area contributed by atoms with E-state index in [2.05, 4.69) is 94.2 Å². The van der Waals surface area contributed by atoms with Crippen molar-refractivity contribution in [1.29, 1.82) is 0 Å². The number of hydrogen-bond donors (Lipinski definition) is 0. The van der Waals surface area contributed by atoms with Crippen molar-refractivity contribution in [2.75, 3.05) is 0 Å². The minimum absolute atomic E-state index is 0.136. The summed E-state index contributed by atoms with van der Waals surface area (Å²) < 4.78 is 14.6. The monoisotopic (exact) mass is 530 g/mol. The highest BCUT2D eigenvalue weighted by Gasteiger charge is 2.61. The topological polar surface area (TPSA) is 18.5 Å². The SMILES string of the molecule is C=C1CC[C@H]2[C@@H]3CC=C4CC(O[Si](C)(C)C(C)(C)C)CC(O[Si](C)(C)C(C)(C)C)[C@]4(C)[C@@H]3CC[C@]12C. The molecule has 0 N–H and O–H groups in total. The van der Waals surface area contributed by atoms with Crippen LogP contribution in [-0.4, -0.2) is 28.8 Å². The molecule has 0 bridgehead atoms. The molecule has 206 valence electrons. The predicted octanol–water partition coefficient (Wildman–Crippen LogP) is 9.90. The third-order valence-corrected chi connectivity index (χ3v) is 21.6. The Labute approximate surface area is 226 Å². The molecule has 0 radical (unpaired) electrons. The van der Waals surface area contributed by atoms with Crippen LogP contribution in [0.2, 0.25) is 36.3 Å². The highest BCUT2D eigenvalue weighted by molar-refractivity contribution is 6.74. The zero-order valence-corrected chi connectivity index (χ0v) is 27.9. The van der Waals surface area contributed by atoms with Gasteiger partial charge in [-0.05, 0) is 104 Å². The van der Waals surface area contributed by atoms with Gasteiger partial charge in [0, 0.05) is 5.41 Å². The van der Waals surface area contributed by atoms with Crippen LogP contribution in [0.15, 0.2) is 23.8 Å². The smallest absolute Gasteiger partial charge is 0.192 e. The summed E-state index contributed by atoms with van der Waals surface area (Å²) in [5.74, 6) is 2.30. The van der Waals surface area contributed by atoms with Crippen LogP contribution in [0, 0.1) is 28.6 Å². The zero-order valence-electron chi connectivity index (χ0n) is 25.9. The maximum absolute atomic E-state index is 7.47. The van der Waals surface area contributed by atoms with Gasteiger partial charge < -0.3 is 8.85 Å². The van der Waals surface area contributed by atoms with Crippen LogP contribution >= 0.6 is 0 Å². The largest absolute Gasteiger partial charge is 0.414 e. The van der Waals surface area contributed by atoms with Gasteiger partial charge in [-0.3, -0.25) is 0 Å². The van der Waals surface area contributed by atoms with Crippen LogP contribution in [0.1, 0.15) is 100 Å². The van der Waals surface area contributed by atoms with Crippen molar-refractivity contribution in [1.82, 2.24) is 0 Å². The second kappa shape index (κ2) is 8.93. The maximum Gasteiger partial charge on any atom is 0.192 e. The van der Waals surface area contributed by atoms with Gasteiger partial charge in [0.25, 0.3) is 0 Å². The van der Waals surface area contributed by atoms with Gasteiger partial charge in [-0.1, -0.05) is 79.2 Å². The summed E-state index contributed by atoms with van der Waals surface area (Å²) in [7, 11) is -3.78. The highest BCUT2D eigenvalue weighted by Crippen LogP contribution is 2.66. The minimum atomic E-state index is -1.93. The molecule has 0 aromatic carbocycles. The quantitative estimate of drug-likeness (QED) is 0.266. The van der Waals surface area contributed by atoms with Crippen molar-refractivity contribution >= 4 is 16.6 Å². The van der Waals surface area contributed by atoms with Crippen molar-refractivity contribution in [2.45, 2.75) is 149 Å². The molecule has 36 heavy (non-hydrogen) atoms. The van der Waals surface area contributed by atoms with Crippen LogP contribution in [0.25, 0.3) is 0 Å². The lowest BCUT2D eigenvalue weighted by Crippen LogP contribution is -2.59. The van der Waals surface area contributed by atoms with Gasteiger partial charge in [0.2, 0.25) is 0 Å². The molecule has 2 nitrogen and oxygen atoms in total. The Morgan fingerprint density at radius 1 is 0.889 bits per heavy atom. The summed E-state index contributed by atoms with van der Waals surface area (Å²) in [6.07, 6.45) is 11.9. The molecule has 4 heteroatoms. The van der Waals surface area contributed by atoms with Crippen LogP contribution in [0.3, 0.4) is 0 Å². The minimum Gasteiger partial charge on any atom is -0.414 e. The van der Waals surface area contributed by atoms with E-state index in [9.17, 15) is 0 Å². The van der Waals surface area contributed by atoms with Gasteiger partial charge in [0.05, 0.1) is 12.2 Å². The van der Waals surface area contributed by atoms with Crippen LogP contribution in [0.5, 0.6) is 0 Å². The molecule has 3 fully saturated rings. The lowest BCUT2D eigenvalue weighted by Gasteiger charge is -2.61. The van der Waals surface area contributed by atoms with Gasteiger partial charge in [-0.25, -0.2) is 0 Å². The number of allylic oxidation sites excluding steroid dienone is 2. The molecule has 0 aromatic rings. The molecular weight excluding hydrogens is 473 g/mol. The van der Waals surface area contributed by atoms with Crippen LogP contribution in [0.4, 0.5) is 0 Å². The summed E-state index contributed by atoms with van der Waals surface area (Å²) in [6.45, 7) is 33.8. The molecule has 2 unspecified atom stereocenters. The molecule has 0 spiro atoms. The molecule has 0 saturated heterocycles. The van der Waals surface area contributed by atoms with Crippen LogP contribution < -0.4 is 0 Å². The number of fused-ring (bicyclic) bond motifs is 5. The normalized spacial score (nSPS) is 39.8. The molecule has 4 aliphatic carbocycles. The molecule has 3 saturated carbocycles. The number of hydrogen-bond acceptors (Lipinski definition) is 2. The van der Waals surface area contributed by atoms with Crippen molar-refractivity contribution in [2.24, 2.45) is 28.6 Å². The van der Waals surface area contributed by atoms with Crippen molar-refractivity contribution in [3.05, 3.63) is 23.8 Å². The Kier molecular flexibility index (Phi) is 7.15. The predicted molar refractivity (Wildman–Crippen MR) is 160 cm³/mol. The number of rotatable bonds is 4. The first-order chi connectivity index (χ1) is 16.2. The fraction of sp³-hybridized carbons (Fsp3) is 0.875. The lowest BCUT2D eigenvalue weighted by atomic mass is 9.47. The second-order valence-electron chi connectivity index (χ2n) is 16.5. The van der Waals surface area contributed by atoms with Crippen molar-refractivity contribution < 1.29 is 8.85 Å². The zero-order chi connectivity index (χ0) is 27.1. The van der Waals surface area contributed by atoms with E-state index in [0.717, 1.165) is 30.6 Å². The molecule has 0 aliphatic heterocycles. The average Bonchev–Trinajstić information content (AvgIpc) is 3.01. The Bertz CT molecular complexity index is 904. The van der Waals surface area contributed by atoms with Gasteiger partial charge >= 0.3 is 0 Å². The Balaban J connectivity index is 1.72. The van der Waals surface area contributed by atoms with Gasteiger partial charge in [0.15, 0.2) is 16.6 Å². The van der Waals surface area contributed by atoms with E-state index in [1.807, 2.05) is 0 Å². The van der Waals surface area contributed by atoms with E-state index in [4.69, 9.17) is 8.85 Å². The van der Waals surface area contributed by atoms with Crippen LogP contribution in [-0.2, 0) is 8.85 Å². The van der Waals surface area contributed by atoms with Crippen molar-refractivity contribution in [3.63, 3.8) is 0 Å². The maximum atomic E-state index is 7.47. The van der Waals surface area contributed by atoms with Crippen molar-refractivity contribution in [3.8, 4) is 0 Å². The summed E-state index contributed by atoms with van der Waals surface area (Å²) >= 11 is 0. The van der Waals surface area contributed by atoms with E-state index in [0.29, 0.717) is 5.41 Å². The summed E-state index contributed by atoms with van der Waals surface area (Å²) in [5, 5.41) is 0.442. The summed E-state index contributed by atoms with van der Waals surface area (Å²) in [5.41, 5.74) is 3.70. The molecule has 4 rings (SSSR count).